The van der Waals surface area contributed by atoms with E-state index in [1.54, 1.807) is 12.1 Å². The first-order valence-corrected chi connectivity index (χ1v) is 8.29. The maximum Gasteiger partial charge on any atom is 0.240 e. The molecule has 4 nitrogen and oxygen atoms in total. The van der Waals surface area contributed by atoms with Crippen molar-refractivity contribution < 1.29 is 9.59 Å². The topological polar surface area (TPSA) is 58.2 Å². The summed E-state index contributed by atoms with van der Waals surface area (Å²) >= 11 is 5.98. The van der Waals surface area contributed by atoms with Gasteiger partial charge in [-0.15, -0.1) is 0 Å². The van der Waals surface area contributed by atoms with Crippen LogP contribution in [0.2, 0.25) is 5.02 Å². The first-order chi connectivity index (χ1) is 11.5. The molecule has 24 heavy (non-hydrogen) atoms. The van der Waals surface area contributed by atoms with E-state index in [0.717, 1.165) is 11.1 Å². The van der Waals surface area contributed by atoms with E-state index >= 15 is 0 Å². The molecule has 0 atom stereocenters. The van der Waals surface area contributed by atoms with Gasteiger partial charge in [-0.05, 0) is 43.0 Å². The molecule has 1 saturated carbocycles. The number of hydrogen-bond acceptors (Lipinski definition) is 2. The normalized spacial score (nSPS) is 14.8. The predicted molar refractivity (Wildman–Crippen MR) is 94.8 cm³/mol. The monoisotopic (exact) mass is 342 g/mol. The molecule has 0 aromatic heterocycles. The Balaban J connectivity index is 1.65. The van der Waals surface area contributed by atoms with Crippen LogP contribution in [0.3, 0.4) is 0 Å². The van der Waals surface area contributed by atoms with Gasteiger partial charge in [0.25, 0.3) is 0 Å². The molecular formula is C19H19ClN2O2. The van der Waals surface area contributed by atoms with Gasteiger partial charge in [-0.3, -0.25) is 9.59 Å². The van der Waals surface area contributed by atoms with E-state index in [4.69, 9.17) is 11.6 Å². The molecule has 0 saturated heterocycles. The van der Waals surface area contributed by atoms with Gasteiger partial charge < -0.3 is 10.6 Å². The average Bonchev–Trinajstić information content (AvgIpc) is 3.39. The lowest BCUT2D eigenvalue weighted by Crippen LogP contribution is -2.39. The largest absolute Gasteiger partial charge is 0.351 e. The van der Waals surface area contributed by atoms with E-state index in [0.29, 0.717) is 30.1 Å². The smallest absolute Gasteiger partial charge is 0.240 e. The summed E-state index contributed by atoms with van der Waals surface area (Å²) in [5.41, 5.74) is 1.61. The van der Waals surface area contributed by atoms with Gasteiger partial charge in [-0.1, -0.05) is 48.0 Å². The van der Waals surface area contributed by atoms with Crippen molar-refractivity contribution in [2.45, 2.75) is 26.3 Å². The summed E-state index contributed by atoms with van der Waals surface area (Å²) in [5.74, 6) is -0.484. The standard InChI is InChI=1S/C19H19ClN2O2/c1-13-7-8-15(20)11-16(13)22-18(24)19(9-10-19)17(23)21-12-14-5-3-2-4-6-14/h2-8,11H,9-10,12H2,1H3,(H,21,23)(H,22,24). The Morgan fingerprint density at radius 1 is 1.08 bits per heavy atom. The lowest BCUT2D eigenvalue weighted by molar-refractivity contribution is -0.134. The summed E-state index contributed by atoms with van der Waals surface area (Å²) < 4.78 is 0. The van der Waals surface area contributed by atoms with Crippen molar-refractivity contribution in [1.82, 2.24) is 5.32 Å². The van der Waals surface area contributed by atoms with Gasteiger partial charge in [0.1, 0.15) is 5.41 Å². The number of nitrogens with one attached hydrogen (secondary N) is 2. The Kier molecular flexibility index (Phi) is 4.58. The second-order valence-electron chi connectivity index (χ2n) is 6.16. The van der Waals surface area contributed by atoms with Crippen LogP contribution < -0.4 is 10.6 Å². The number of amides is 2. The van der Waals surface area contributed by atoms with E-state index in [1.807, 2.05) is 43.3 Å². The van der Waals surface area contributed by atoms with Crippen LogP contribution in [0.4, 0.5) is 5.69 Å². The summed E-state index contributed by atoms with van der Waals surface area (Å²) in [6.07, 6.45) is 1.14. The van der Waals surface area contributed by atoms with Gasteiger partial charge in [0.2, 0.25) is 11.8 Å². The highest BCUT2D eigenvalue weighted by Crippen LogP contribution is 2.47. The number of hydrogen-bond donors (Lipinski definition) is 2. The minimum absolute atomic E-state index is 0.219. The molecule has 1 aliphatic rings. The van der Waals surface area contributed by atoms with Crippen LogP contribution in [0.25, 0.3) is 0 Å². The van der Waals surface area contributed by atoms with Gasteiger partial charge in [0.05, 0.1) is 0 Å². The SMILES string of the molecule is Cc1ccc(Cl)cc1NC(=O)C1(C(=O)NCc2ccccc2)CC1. The van der Waals surface area contributed by atoms with Crippen molar-refractivity contribution in [3.63, 3.8) is 0 Å². The fourth-order valence-corrected chi connectivity index (χ4v) is 2.77. The minimum Gasteiger partial charge on any atom is -0.351 e. The Hall–Kier alpha value is -2.33. The first-order valence-electron chi connectivity index (χ1n) is 7.91. The summed E-state index contributed by atoms with van der Waals surface area (Å²) in [7, 11) is 0. The average molecular weight is 343 g/mol. The fourth-order valence-electron chi connectivity index (χ4n) is 2.60. The van der Waals surface area contributed by atoms with Gasteiger partial charge in [-0.2, -0.15) is 0 Å². The Bertz CT molecular complexity index is 770. The zero-order valence-electron chi connectivity index (χ0n) is 13.4. The number of benzene rings is 2. The molecule has 3 rings (SSSR count). The Labute approximate surface area is 146 Å². The molecule has 2 aromatic rings. The number of halogens is 1. The van der Waals surface area contributed by atoms with Crippen LogP contribution in [-0.4, -0.2) is 11.8 Å². The highest BCUT2D eigenvalue weighted by atomic mass is 35.5. The van der Waals surface area contributed by atoms with Crippen molar-refractivity contribution in [3.05, 3.63) is 64.7 Å². The molecule has 0 aliphatic heterocycles. The van der Waals surface area contributed by atoms with Crippen LogP contribution in [0.1, 0.15) is 24.0 Å². The highest BCUT2D eigenvalue weighted by Gasteiger charge is 2.56. The molecule has 2 N–H and O–H groups in total. The number of anilines is 1. The van der Waals surface area contributed by atoms with E-state index in [-0.39, 0.29) is 11.8 Å². The zero-order valence-corrected chi connectivity index (χ0v) is 14.2. The molecule has 2 amide bonds. The molecule has 0 bridgehead atoms. The van der Waals surface area contributed by atoms with Gasteiger partial charge in [0.15, 0.2) is 0 Å². The molecular weight excluding hydrogens is 324 g/mol. The van der Waals surface area contributed by atoms with Crippen LogP contribution in [0.5, 0.6) is 0 Å². The third kappa shape index (κ3) is 3.44. The summed E-state index contributed by atoms with van der Waals surface area (Å²) in [6.45, 7) is 2.31. The second-order valence-corrected chi connectivity index (χ2v) is 6.60. The molecule has 1 aliphatic carbocycles. The molecule has 0 radical (unpaired) electrons. The summed E-state index contributed by atoms with van der Waals surface area (Å²) in [4.78, 5) is 25.1. The van der Waals surface area contributed by atoms with Crippen molar-refractivity contribution >= 4 is 29.1 Å². The Morgan fingerprint density at radius 2 is 1.79 bits per heavy atom. The summed E-state index contributed by atoms with van der Waals surface area (Å²) in [6, 6.07) is 15.0. The van der Waals surface area contributed by atoms with Crippen molar-refractivity contribution in [2.75, 3.05) is 5.32 Å². The van der Waals surface area contributed by atoms with Crippen LogP contribution in [-0.2, 0) is 16.1 Å². The van der Waals surface area contributed by atoms with Gasteiger partial charge in [-0.25, -0.2) is 0 Å². The molecule has 0 spiro atoms. The molecule has 0 unspecified atom stereocenters. The number of rotatable bonds is 5. The molecule has 0 heterocycles. The Morgan fingerprint density at radius 3 is 2.46 bits per heavy atom. The maximum atomic E-state index is 12.6. The molecule has 2 aromatic carbocycles. The number of carbonyl (C=O) groups is 2. The lowest BCUT2D eigenvalue weighted by atomic mass is 10.0. The van der Waals surface area contributed by atoms with Crippen LogP contribution >= 0.6 is 11.6 Å². The highest BCUT2D eigenvalue weighted by molar-refractivity contribution is 6.31. The van der Waals surface area contributed by atoms with E-state index < -0.39 is 5.41 Å². The van der Waals surface area contributed by atoms with Crippen LogP contribution in [0.15, 0.2) is 48.5 Å². The second kappa shape index (κ2) is 6.65. The molecule has 5 heteroatoms. The summed E-state index contributed by atoms with van der Waals surface area (Å²) in [5, 5.41) is 6.27. The molecule has 124 valence electrons. The quantitative estimate of drug-likeness (QED) is 0.814. The number of aryl methyl sites for hydroxylation is 1. The van der Waals surface area contributed by atoms with Gasteiger partial charge in [0, 0.05) is 17.3 Å². The van der Waals surface area contributed by atoms with Crippen molar-refractivity contribution in [1.29, 1.82) is 0 Å². The number of carbonyl (C=O) groups excluding carboxylic acids is 2. The third-order valence-corrected chi connectivity index (χ3v) is 4.60. The van der Waals surface area contributed by atoms with E-state index in [1.165, 1.54) is 0 Å². The first kappa shape index (κ1) is 16.5. The lowest BCUT2D eigenvalue weighted by Gasteiger charge is -2.16. The van der Waals surface area contributed by atoms with Crippen molar-refractivity contribution in [3.8, 4) is 0 Å². The predicted octanol–water partition coefficient (Wildman–Crippen LogP) is 3.68. The van der Waals surface area contributed by atoms with E-state index in [2.05, 4.69) is 10.6 Å². The van der Waals surface area contributed by atoms with Crippen molar-refractivity contribution in [2.24, 2.45) is 5.41 Å². The van der Waals surface area contributed by atoms with Crippen LogP contribution in [0, 0.1) is 12.3 Å². The fraction of sp³-hybridized carbons (Fsp3) is 0.263. The molecule has 1 fully saturated rings. The maximum absolute atomic E-state index is 12.6. The zero-order chi connectivity index (χ0) is 17.2. The van der Waals surface area contributed by atoms with E-state index in [9.17, 15) is 9.59 Å². The minimum atomic E-state index is -0.955. The van der Waals surface area contributed by atoms with Gasteiger partial charge >= 0.3 is 0 Å². The third-order valence-electron chi connectivity index (χ3n) is 4.36.